The molecular formula is C15H24N4O. The molecule has 0 radical (unpaired) electrons. The normalized spacial score (nSPS) is 34.0. The van der Waals surface area contributed by atoms with Gasteiger partial charge in [0.25, 0.3) is 0 Å². The standard InChI is InChI=1S/C15H24N4O/c16-5-2-6-18-7-9-19(10-8-18)15(20)14-13-4-1-3-12(13)11-17-14/h12-14,17H,1-4,6-11H2. The van der Waals surface area contributed by atoms with Gasteiger partial charge in [0.2, 0.25) is 5.91 Å². The van der Waals surface area contributed by atoms with E-state index in [-0.39, 0.29) is 6.04 Å². The third-order valence-electron chi connectivity index (χ3n) is 5.24. The number of nitrogens with zero attached hydrogens (tertiary/aromatic N) is 3. The van der Waals surface area contributed by atoms with Crippen molar-refractivity contribution in [1.29, 1.82) is 5.26 Å². The number of hydrogen-bond acceptors (Lipinski definition) is 4. The Morgan fingerprint density at radius 2 is 2.05 bits per heavy atom. The molecule has 1 amide bonds. The summed E-state index contributed by atoms with van der Waals surface area (Å²) in [5.41, 5.74) is 0. The van der Waals surface area contributed by atoms with E-state index < -0.39 is 0 Å². The van der Waals surface area contributed by atoms with Crippen LogP contribution in [0.1, 0.15) is 25.7 Å². The van der Waals surface area contributed by atoms with Crippen molar-refractivity contribution in [3.8, 4) is 6.07 Å². The highest BCUT2D eigenvalue weighted by molar-refractivity contribution is 5.83. The predicted molar refractivity (Wildman–Crippen MR) is 75.9 cm³/mol. The molecule has 1 saturated carbocycles. The molecule has 2 heterocycles. The minimum absolute atomic E-state index is 0.0770. The minimum Gasteiger partial charge on any atom is -0.339 e. The number of hydrogen-bond donors (Lipinski definition) is 1. The second kappa shape index (κ2) is 6.11. The van der Waals surface area contributed by atoms with Crippen LogP contribution in [0.4, 0.5) is 0 Å². The molecule has 0 bridgehead atoms. The van der Waals surface area contributed by atoms with Gasteiger partial charge in [-0.25, -0.2) is 0 Å². The first-order valence-electron chi connectivity index (χ1n) is 7.91. The number of carbonyl (C=O) groups excluding carboxylic acids is 1. The molecule has 3 rings (SSSR count). The molecule has 0 aromatic rings. The summed E-state index contributed by atoms with van der Waals surface area (Å²) in [6, 6.07) is 2.26. The Morgan fingerprint density at radius 1 is 1.25 bits per heavy atom. The predicted octanol–water partition coefficient (Wildman–Crippen LogP) is 0.432. The van der Waals surface area contributed by atoms with Crippen LogP contribution in [0.25, 0.3) is 0 Å². The highest BCUT2D eigenvalue weighted by Gasteiger charge is 2.43. The van der Waals surface area contributed by atoms with E-state index in [2.05, 4.69) is 16.3 Å². The molecule has 2 saturated heterocycles. The zero-order valence-electron chi connectivity index (χ0n) is 12.1. The van der Waals surface area contributed by atoms with E-state index in [0.29, 0.717) is 18.2 Å². The number of fused-ring (bicyclic) bond motifs is 1. The lowest BCUT2D eigenvalue weighted by atomic mass is 9.93. The van der Waals surface area contributed by atoms with Crippen LogP contribution in [0.2, 0.25) is 0 Å². The van der Waals surface area contributed by atoms with Gasteiger partial charge < -0.3 is 10.2 Å². The third kappa shape index (κ3) is 2.68. The molecule has 0 aromatic heterocycles. The Morgan fingerprint density at radius 3 is 2.80 bits per heavy atom. The zero-order chi connectivity index (χ0) is 13.9. The van der Waals surface area contributed by atoms with Gasteiger partial charge in [0.1, 0.15) is 0 Å². The first-order chi connectivity index (χ1) is 9.79. The van der Waals surface area contributed by atoms with Gasteiger partial charge in [-0.15, -0.1) is 0 Å². The maximum absolute atomic E-state index is 12.7. The Labute approximate surface area is 120 Å². The van der Waals surface area contributed by atoms with Crippen molar-refractivity contribution in [3.05, 3.63) is 0 Å². The van der Waals surface area contributed by atoms with E-state index >= 15 is 0 Å². The summed E-state index contributed by atoms with van der Waals surface area (Å²) in [6.07, 6.45) is 4.39. The van der Waals surface area contributed by atoms with E-state index in [1.165, 1.54) is 19.3 Å². The van der Waals surface area contributed by atoms with Gasteiger partial charge in [0.15, 0.2) is 0 Å². The molecule has 5 nitrogen and oxygen atoms in total. The molecule has 3 aliphatic rings. The average Bonchev–Trinajstić information content (AvgIpc) is 3.08. The van der Waals surface area contributed by atoms with E-state index in [4.69, 9.17) is 5.26 Å². The molecule has 5 heteroatoms. The van der Waals surface area contributed by atoms with Crippen molar-refractivity contribution in [1.82, 2.24) is 15.1 Å². The summed E-state index contributed by atoms with van der Waals surface area (Å²) in [7, 11) is 0. The Hall–Kier alpha value is -1.12. The highest BCUT2D eigenvalue weighted by Crippen LogP contribution is 2.38. The lowest BCUT2D eigenvalue weighted by Crippen LogP contribution is -2.54. The van der Waals surface area contributed by atoms with Gasteiger partial charge in [0, 0.05) is 39.1 Å². The molecule has 1 aliphatic carbocycles. The largest absolute Gasteiger partial charge is 0.339 e. The summed E-state index contributed by atoms with van der Waals surface area (Å²) in [6.45, 7) is 5.33. The van der Waals surface area contributed by atoms with Gasteiger partial charge in [-0.1, -0.05) is 6.42 Å². The first-order valence-corrected chi connectivity index (χ1v) is 7.91. The molecule has 0 spiro atoms. The quantitative estimate of drug-likeness (QED) is 0.812. The van der Waals surface area contributed by atoms with Crippen LogP contribution in [-0.2, 0) is 4.79 Å². The summed E-state index contributed by atoms with van der Waals surface area (Å²) in [5, 5.41) is 12.1. The van der Waals surface area contributed by atoms with Gasteiger partial charge in [0.05, 0.1) is 12.1 Å². The summed E-state index contributed by atoms with van der Waals surface area (Å²) in [5.74, 6) is 1.64. The second-order valence-corrected chi connectivity index (χ2v) is 6.32. The third-order valence-corrected chi connectivity index (χ3v) is 5.24. The van der Waals surface area contributed by atoms with Crippen molar-refractivity contribution >= 4 is 5.91 Å². The van der Waals surface area contributed by atoms with Crippen LogP contribution in [0.15, 0.2) is 0 Å². The molecular weight excluding hydrogens is 252 g/mol. The molecule has 0 aromatic carbocycles. The number of rotatable bonds is 3. The second-order valence-electron chi connectivity index (χ2n) is 6.32. The number of carbonyl (C=O) groups is 1. The minimum atomic E-state index is 0.0770. The lowest BCUT2D eigenvalue weighted by Gasteiger charge is -2.36. The summed E-state index contributed by atoms with van der Waals surface area (Å²) in [4.78, 5) is 17.0. The van der Waals surface area contributed by atoms with E-state index in [9.17, 15) is 4.79 Å². The summed E-state index contributed by atoms with van der Waals surface area (Å²) >= 11 is 0. The highest BCUT2D eigenvalue weighted by atomic mass is 16.2. The van der Waals surface area contributed by atoms with Gasteiger partial charge in [-0.2, -0.15) is 5.26 Å². The van der Waals surface area contributed by atoms with Gasteiger partial charge in [-0.05, 0) is 31.2 Å². The fraction of sp³-hybridized carbons (Fsp3) is 0.867. The van der Waals surface area contributed by atoms with Crippen LogP contribution in [0.3, 0.4) is 0 Å². The number of amides is 1. The maximum atomic E-state index is 12.7. The van der Waals surface area contributed by atoms with Crippen molar-refractivity contribution in [2.24, 2.45) is 11.8 Å². The van der Waals surface area contributed by atoms with Crippen LogP contribution in [-0.4, -0.2) is 61.0 Å². The van der Waals surface area contributed by atoms with Gasteiger partial charge in [-0.3, -0.25) is 9.69 Å². The molecule has 3 fully saturated rings. The lowest BCUT2D eigenvalue weighted by molar-refractivity contribution is -0.135. The van der Waals surface area contributed by atoms with Crippen LogP contribution in [0, 0.1) is 23.2 Å². The SMILES string of the molecule is N#CCCN1CCN(C(=O)C2NCC3CCCC32)CC1. The van der Waals surface area contributed by atoms with Gasteiger partial charge >= 0.3 is 0 Å². The number of nitrogens with one attached hydrogen (secondary N) is 1. The topological polar surface area (TPSA) is 59.4 Å². The average molecular weight is 276 g/mol. The Kier molecular flexibility index (Phi) is 4.23. The van der Waals surface area contributed by atoms with Crippen molar-refractivity contribution in [2.75, 3.05) is 39.3 Å². The fourth-order valence-electron chi connectivity index (χ4n) is 4.05. The zero-order valence-corrected chi connectivity index (χ0v) is 12.1. The van der Waals surface area contributed by atoms with E-state index in [1.54, 1.807) is 0 Å². The molecule has 20 heavy (non-hydrogen) atoms. The van der Waals surface area contributed by atoms with Crippen LogP contribution >= 0.6 is 0 Å². The van der Waals surface area contributed by atoms with Crippen molar-refractivity contribution in [3.63, 3.8) is 0 Å². The summed E-state index contributed by atoms with van der Waals surface area (Å²) < 4.78 is 0. The monoisotopic (exact) mass is 276 g/mol. The molecule has 1 N–H and O–H groups in total. The van der Waals surface area contributed by atoms with E-state index in [0.717, 1.165) is 45.2 Å². The smallest absolute Gasteiger partial charge is 0.240 e. The Bertz CT molecular complexity index is 397. The van der Waals surface area contributed by atoms with Crippen LogP contribution in [0.5, 0.6) is 0 Å². The van der Waals surface area contributed by atoms with Crippen molar-refractivity contribution in [2.45, 2.75) is 31.7 Å². The maximum Gasteiger partial charge on any atom is 0.240 e. The van der Waals surface area contributed by atoms with E-state index in [1.807, 2.05) is 4.90 Å². The van der Waals surface area contributed by atoms with Crippen LogP contribution < -0.4 is 5.32 Å². The molecule has 110 valence electrons. The Balaban J connectivity index is 1.51. The molecule has 3 atom stereocenters. The molecule has 2 aliphatic heterocycles. The number of nitriles is 1. The number of piperazine rings is 1. The molecule has 3 unspecified atom stereocenters. The van der Waals surface area contributed by atoms with Crippen molar-refractivity contribution < 1.29 is 4.79 Å². The first kappa shape index (κ1) is 13.8. The fourth-order valence-corrected chi connectivity index (χ4v) is 4.05.